The number of hydrogen-bond acceptors (Lipinski definition) is 2. The van der Waals surface area contributed by atoms with Crippen molar-refractivity contribution in [3.8, 4) is 0 Å². The van der Waals surface area contributed by atoms with Crippen LogP contribution in [0.15, 0.2) is 0 Å². The predicted octanol–water partition coefficient (Wildman–Crippen LogP) is 0.462. The highest BCUT2D eigenvalue weighted by molar-refractivity contribution is 5.48. The normalized spacial score (nSPS) is 32.4. The third-order valence-corrected chi connectivity index (χ3v) is 3.13. The highest BCUT2D eigenvalue weighted by Gasteiger charge is 2.49. The van der Waals surface area contributed by atoms with Gasteiger partial charge in [-0.25, -0.2) is 8.78 Å². The Hall–Kier alpha value is -0.710. The number of amides is 1. The molecule has 0 aromatic carbocycles. The van der Waals surface area contributed by atoms with Gasteiger partial charge in [0.1, 0.15) is 0 Å². The SMILES string of the molecule is O=CN1CCNCC1C1CC(F)(F)C1. The molecule has 1 unspecified atom stereocenters. The first-order chi connectivity index (χ1) is 6.62. The van der Waals surface area contributed by atoms with Crippen molar-refractivity contribution >= 4 is 6.41 Å². The van der Waals surface area contributed by atoms with Crippen LogP contribution >= 0.6 is 0 Å². The lowest BCUT2D eigenvalue weighted by Crippen LogP contribution is -2.58. The van der Waals surface area contributed by atoms with Crippen molar-refractivity contribution in [2.24, 2.45) is 5.92 Å². The van der Waals surface area contributed by atoms with Crippen LogP contribution in [0.1, 0.15) is 12.8 Å². The van der Waals surface area contributed by atoms with Crippen LogP contribution in [0, 0.1) is 5.92 Å². The van der Waals surface area contributed by atoms with E-state index in [4.69, 9.17) is 0 Å². The summed E-state index contributed by atoms with van der Waals surface area (Å²) in [6, 6.07) is -0.0270. The Balaban J connectivity index is 1.93. The molecular formula is C9H14F2N2O. The molecule has 3 nitrogen and oxygen atoms in total. The Morgan fingerprint density at radius 1 is 1.43 bits per heavy atom. The molecule has 0 aromatic heterocycles. The van der Waals surface area contributed by atoms with Crippen molar-refractivity contribution in [2.75, 3.05) is 19.6 Å². The lowest BCUT2D eigenvalue weighted by Gasteiger charge is -2.45. The molecule has 1 amide bonds. The van der Waals surface area contributed by atoms with E-state index in [1.54, 1.807) is 4.90 Å². The highest BCUT2D eigenvalue weighted by atomic mass is 19.3. The van der Waals surface area contributed by atoms with Crippen LogP contribution in [0.5, 0.6) is 0 Å². The second-order valence-electron chi connectivity index (χ2n) is 4.14. The lowest BCUT2D eigenvalue weighted by atomic mass is 9.75. The van der Waals surface area contributed by atoms with Crippen molar-refractivity contribution < 1.29 is 13.6 Å². The second-order valence-corrected chi connectivity index (χ2v) is 4.14. The number of nitrogens with one attached hydrogen (secondary N) is 1. The van der Waals surface area contributed by atoms with E-state index in [9.17, 15) is 13.6 Å². The van der Waals surface area contributed by atoms with Crippen molar-refractivity contribution in [2.45, 2.75) is 24.8 Å². The van der Waals surface area contributed by atoms with Crippen LogP contribution in [0.25, 0.3) is 0 Å². The molecule has 1 N–H and O–H groups in total. The summed E-state index contributed by atoms with van der Waals surface area (Å²) in [5.41, 5.74) is 0. The van der Waals surface area contributed by atoms with E-state index in [0.29, 0.717) is 13.1 Å². The molecule has 14 heavy (non-hydrogen) atoms. The number of carbonyl (C=O) groups is 1. The van der Waals surface area contributed by atoms with Crippen LogP contribution in [0.4, 0.5) is 8.78 Å². The summed E-state index contributed by atoms with van der Waals surface area (Å²) in [5.74, 6) is -2.51. The van der Waals surface area contributed by atoms with Gasteiger partial charge in [0.2, 0.25) is 12.3 Å². The standard InChI is InChI=1S/C9H14F2N2O/c10-9(11)3-7(4-9)8-5-12-1-2-13(8)6-14/h6-8,12H,1-5H2. The molecule has 1 saturated heterocycles. The first-order valence-electron chi connectivity index (χ1n) is 4.92. The van der Waals surface area contributed by atoms with Gasteiger partial charge in [-0.1, -0.05) is 0 Å². The van der Waals surface area contributed by atoms with Gasteiger partial charge in [-0.2, -0.15) is 0 Å². The minimum atomic E-state index is -2.49. The molecule has 2 rings (SSSR count). The lowest BCUT2D eigenvalue weighted by molar-refractivity contribution is -0.143. The van der Waals surface area contributed by atoms with Gasteiger partial charge < -0.3 is 10.2 Å². The maximum atomic E-state index is 12.6. The average Bonchev–Trinajstić information content (AvgIpc) is 2.14. The first kappa shape index (κ1) is 9.83. The van der Waals surface area contributed by atoms with Crippen LogP contribution in [-0.4, -0.2) is 42.9 Å². The van der Waals surface area contributed by atoms with Crippen LogP contribution < -0.4 is 5.32 Å². The molecule has 0 bridgehead atoms. The zero-order chi connectivity index (χ0) is 10.2. The van der Waals surface area contributed by atoms with E-state index in [-0.39, 0.29) is 24.8 Å². The summed E-state index contributed by atoms with van der Waals surface area (Å²) in [5, 5.41) is 3.13. The van der Waals surface area contributed by atoms with Crippen molar-refractivity contribution in [3.05, 3.63) is 0 Å². The van der Waals surface area contributed by atoms with Gasteiger partial charge in [0.05, 0.1) is 0 Å². The van der Waals surface area contributed by atoms with Gasteiger partial charge >= 0.3 is 0 Å². The molecule has 0 aromatic rings. The topological polar surface area (TPSA) is 32.3 Å². The Kier molecular flexibility index (Phi) is 2.43. The fraction of sp³-hybridized carbons (Fsp3) is 0.889. The molecule has 80 valence electrons. The van der Waals surface area contributed by atoms with Gasteiger partial charge in [0.25, 0.3) is 0 Å². The smallest absolute Gasteiger partial charge is 0.248 e. The van der Waals surface area contributed by atoms with E-state index < -0.39 is 5.92 Å². The van der Waals surface area contributed by atoms with Crippen molar-refractivity contribution in [1.29, 1.82) is 0 Å². The van der Waals surface area contributed by atoms with E-state index in [2.05, 4.69) is 5.32 Å². The third kappa shape index (κ3) is 1.73. The van der Waals surface area contributed by atoms with E-state index >= 15 is 0 Å². The first-order valence-corrected chi connectivity index (χ1v) is 4.92. The number of rotatable bonds is 2. The molecule has 1 aliphatic carbocycles. The summed E-state index contributed by atoms with van der Waals surface area (Å²) in [6.45, 7) is 2.05. The molecule has 0 radical (unpaired) electrons. The molecule has 0 spiro atoms. The van der Waals surface area contributed by atoms with E-state index in [1.165, 1.54) is 0 Å². The second kappa shape index (κ2) is 3.46. The fourth-order valence-corrected chi connectivity index (χ4v) is 2.29. The van der Waals surface area contributed by atoms with Crippen molar-refractivity contribution in [1.82, 2.24) is 10.2 Å². The average molecular weight is 204 g/mol. The number of carbonyl (C=O) groups excluding carboxylic acids is 1. The summed E-state index contributed by atoms with van der Waals surface area (Å²) in [6.07, 6.45) is 0.648. The van der Waals surface area contributed by atoms with Gasteiger partial charge in [0, 0.05) is 38.5 Å². The van der Waals surface area contributed by atoms with Gasteiger partial charge in [-0.3, -0.25) is 4.79 Å². The minimum Gasteiger partial charge on any atom is -0.339 e. The van der Waals surface area contributed by atoms with Crippen LogP contribution in [0.2, 0.25) is 0 Å². The van der Waals surface area contributed by atoms with Gasteiger partial charge in [-0.15, -0.1) is 0 Å². The number of nitrogens with zero attached hydrogens (tertiary/aromatic N) is 1. The van der Waals surface area contributed by atoms with Crippen LogP contribution in [-0.2, 0) is 4.79 Å². The van der Waals surface area contributed by atoms with E-state index in [1.807, 2.05) is 0 Å². The minimum absolute atomic E-state index is 0.0250. The summed E-state index contributed by atoms with van der Waals surface area (Å²) in [7, 11) is 0. The molecular weight excluding hydrogens is 190 g/mol. The van der Waals surface area contributed by atoms with Gasteiger partial charge in [-0.05, 0) is 5.92 Å². The Morgan fingerprint density at radius 2 is 2.14 bits per heavy atom. The molecule has 2 aliphatic rings. The summed E-state index contributed by atoms with van der Waals surface area (Å²) < 4.78 is 25.3. The zero-order valence-corrected chi connectivity index (χ0v) is 7.88. The molecule has 1 heterocycles. The maximum Gasteiger partial charge on any atom is 0.248 e. The highest BCUT2D eigenvalue weighted by Crippen LogP contribution is 2.45. The zero-order valence-electron chi connectivity index (χ0n) is 7.88. The maximum absolute atomic E-state index is 12.6. The molecule has 1 atom stereocenters. The number of piperazine rings is 1. The molecule has 1 aliphatic heterocycles. The van der Waals surface area contributed by atoms with Crippen molar-refractivity contribution in [3.63, 3.8) is 0 Å². The molecule has 2 fully saturated rings. The largest absolute Gasteiger partial charge is 0.339 e. The Morgan fingerprint density at radius 3 is 2.71 bits per heavy atom. The molecule has 5 heteroatoms. The Labute approximate surface area is 81.4 Å². The number of alkyl halides is 2. The predicted molar refractivity (Wildman–Crippen MR) is 47.1 cm³/mol. The summed E-state index contributed by atoms with van der Waals surface area (Å²) >= 11 is 0. The number of halogens is 2. The monoisotopic (exact) mass is 204 g/mol. The quantitative estimate of drug-likeness (QED) is 0.663. The van der Waals surface area contributed by atoms with Crippen LogP contribution in [0.3, 0.4) is 0 Å². The fourth-order valence-electron chi connectivity index (χ4n) is 2.29. The molecule has 1 saturated carbocycles. The number of hydrogen-bond donors (Lipinski definition) is 1. The van der Waals surface area contributed by atoms with E-state index in [0.717, 1.165) is 13.0 Å². The summed E-state index contributed by atoms with van der Waals surface area (Å²) in [4.78, 5) is 12.3. The Bertz CT molecular complexity index is 227. The third-order valence-electron chi connectivity index (χ3n) is 3.13. The van der Waals surface area contributed by atoms with Gasteiger partial charge in [0.15, 0.2) is 0 Å².